The molecule has 0 saturated carbocycles. The van der Waals surface area contributed by atoms with Gasteiger partial charge >= 0.3 is 0 Å². The maximum atomic E-state index is 12.2. The maximum Gasteiger partial charge on any atom is 0.253 e. The maximum absolute atomic E-state index is 12.2. The van der Waals surface area contributed by atoms with Crippen LogP contribution in [-0.2, 0) is 9.53 Å². The molecule has 2 aliphatic heterocycles. The van der Waals surface area contributed by atoms with Crippen LogP contribution in [0.5, 0.6) is 5.75 Å². The van der Waals surface area contributed by atoms with E-state index in [0.717, 1.165) is 13.0 Å². The fraction of sp³-hybridized carbons (Fsp3) is 0.462. The standard InChI is InChI=1S/C13H16N2O3/c16-11-4-2-1-3-10(11)15-12(17)7-18-9-13(15)5-6-14-8-13/h1-4,14,16H,5-9H2. The summed E-state index contributed by atoms with van der Waals surface area (Å²) in [6, 6.07) is 6.96. The molecule has 0 aliphatic carbocycles. The van der Waals surface area contributed by atoms with Crippen LogP contribution in [0.1, 0.15) is 6.42 Å². The Hall–Kier alpha value is -1.59. The predicted molar refractivity (Wildman–Crippen MR) is 66.6 cm³/mol. The lowest BCUT2D eigenvalue weighted by Crippen LogP contribution is -2.61. The van der Waals surface area contributed by atoms with Gasteiger partial charge in [-0.3, -0.25) is 9.69 Å². The summed E-state index contributed by atoms with van der Waals surface area (Å²) in [4.78, 5) is 13.9. The lowest BCUT2D eigenvalue weighted by Gasteiger charge is -2.43. The quantitative estimate of drug-likeness (QED) is 0.759. The monoisotopic (exact) mass is 248 g/mol. The van der Waals surface area contributed by atoms with E-state index in [0.29, 0.717) is 18.8 Å². The first-order chi connectivity index (χ1) is 8.73. The van der Waals surface area contributed by atoms with Gasteiger partial charge in [0.05, 0.1) is 17.8 Å². The van der Waals surface area contributed by atoms with Crippen molar-refractivity contribution in [2.24, 2.45) is 0 Å². The van der Waals surface area contributed by atoms with Gasteiger partial charge in [-0.25, -0.2) is 0 Å². The molecule has 18 heavy (non-hydrogen) atoms. The van der Waals surface area contributed by atoms with Crippen LogP contribution >= 0.6 is 0 Å². The molecular weight excluding hydrogens is 232 g/mol. The van der Waals surface area contributed by atoms with Gasteiger partial charge in [0.15, 0.2) is 0 Å². The summed E-state index contributed by atoms with van der Waals surface area (Å²) in [5, 5.41) is 13.2. The molecule has 96 valence electrons. The van der Waals surface area contributed by atoms with Crippen molar-refractivity contribution >= 4 is 11.6 Å². The second-order valence-electron chi connectivity index (χ2n) is 4.86. The second kappa shape index (κ2) is 4.26. The SMILES string of the molecule is O=C1COCC2(CCNC2)N1c1ccccc1O. The Labute approximate surface area is 105 Å². The Bertz CT molecular complexity index is 469. The van der Waals surface area contributed by atoms with E-state index in [1.165, 1.54) is 0 Å². The van der Waals surface area contributed by atoms with Gasteiger partial charge in [0.1, 0.15) is 12.4 Å². The van der Waals surface area contributed by atoms with Gasteiger partial charge in [0.2, 0.25) is 0 Å². The molecule has 2 saturated heterocycles. The number of hydrogen-bond donors (Lipinski definition) is 2. The minimum Gasteiger partial charge on any atom is -0.506 e. The molecule has 2 fully saturated rings. The van der Waals surface area contributed by atoms with Crippen LogP contribution in [-0.4, -0.2) is 42.9 Å². The first kappa shape index (κ1) is 11.5. The summed E-state index contributed by atoms with van der Waals surface area (Å²) in [5.74, 6) is 0.0467. The summed E-state index contributed by atoms with van der Waals surface area (Å²) >= 11 is 0. The number of phenolic OH excluding ortho intramolecular Hbond substituents is 1. The predicted octanol–water partition coefficient (Wildman–Crippen LogP) is 0.487. The van der Waals surface area contributed by atoms with Gasteiger partial charge in [0, 0.05) is 6.54 Å². The number of ether oxygens (including phenoxy) is 1. The highest BCUT2D eigenvalue weighted by atomic mass is 16.5. The van der Waals surface area contributed by atoms with Crippen molar-refractivity contribution in [1.82, 2.24) is 5.32 Å². The molecule has 1 aromatic carbocycles. The summed E-state index contributed by atoms with van der Waals surface area (Å²) in [7, 11) is 0. The Morgan fingerprint density at radius 2 is 2.22 bits per heavy atom. The third kappa shape index (κ3) is 1.67. The number of phenols is 1. The summed E-state index contributed by atoms with van der Waals surface area (Å²) in [6.07, 6.45) is 0.840. The van der Waals surface area contributed by atoms with Gasteiger partial charge in [-0.2, -0.15) is 0 Å². The molecule has 1 aromatic rings. The first-order valence-electron chi connectivity index (χ1n) is 6.12. The van der Waals surface area contributed by atoms with Crippen molar-refractivity contribution < 1.29 is 14.6 Å². The van der Waals surface area contributed by atoms with Crippen LogP contribution in [0.3, 0.4) is 0 Å². The zero-order chi connectivity index (χ0) is 12.6. The van der Waals surface area contributed by atoms with E-state index in [9.17, 15) is 9.90 Å². The van der Waals surface area contributed by atoms with Gasteiger partial charge in [-0.05, 0) is 25.1 Å². The van der Waals surface area contributed by atoms with Crippen molar-refractivity contribution in [3.05, 3.63) is 24.3 Å². The molecule has 2 N–H and O–H groups in total. The van der Waals surface area contributed by atoms with Crippen molar-refractivity contribution in [2.45, 2.75) is 12.0 Å². The van der Waals surface area contributed by atoms with Gasteiger partial charge < -0.3 is 15.2 Å². The number of carbonyl (C=O) groups is 1. The molecule has 0 aromatic heterocycles. The number of aromatic hydroxyl groups is 1. The molecule has 1 atom stereocenters. The van der Waals surface area contributed by atoms with E-state index in [2.05, 4.69) is 5.32 Å². The summed E-state index contributed by atoms with van der Waals surface area (Å²) in [6.45, 7) is 2.16. The Morgan fingerprint density at radius 3 is 2.94 bits per heavy atom. The molecule has 1 spiro atoms. The third-order valence-corrected chi connectivity index (χ3v) is 3.66. The van der Waals surface area contributed by atoms with Crippen LogP contribution in [0.25, 0.3) is 0 Å². The minimum atomic E-state index is -0.353. The summed E-state index contributed by atoms with van der Waals surface area (Å²) < 4.78 is 5.40. The highest BCUT2D eigenvalue weighted by molar-refractivity contribution is 5.98. The lowest BCUT2D eigenvalue weighted by atomic mass is 9.94. The van der Waals surface area contributed by atoms with E-state index in [-0.39, 0.29) is 23.8 Å². The normalized spacial score (nSPS) is 28.0. The van der Waals surface area contributed by atoms with Crippen LogP contribution in [0.2, 0.25) is 0 Å². The van der Waals surface area contributed by atoms with Gasteiger partial charge in [-0.15, -0.1) is 0 Å². The molecule has 0 radical (unpaired) electrons. The second-order valence-corrected chi connectivity index (χ2v) is 4.86. The number of nitrogens with one attached hydrogen (secondary N) is 1. The number of amides is 1. The van der Waals surface area contributed by atoms with E-state index < -0.39 is 0 Å². The van der Waals surface area contributed by atoms with Gasteiger partial charge in [0.25, 0.3) is 5.91 Å². The largest absolute Gasteiger partial charge is 0.506 e. The van der Waals surface area contributed by atoms with Crippen LogP contribution < -0.4 is 10.2 Å². The number of hydrogen-bond acceptors (Lipinski definition) is 4. The van der Waals surface area contributed by atoms with E-state index >= 15 is 0 Å². The van der Waals surface area contributed by atoms with Crippen molar-refractivity contribution in [3.63, 3.8) is 0 Å². The van der Waals surface area contributed by atoms with Crippen molar-refractivity contribution in [3.8, 4) is 5.75 Å². The average molecular weight is 248 g/mol. The highest BCUT2D eigenvalue weighted by Crippen LogP contribution is 2.37. The number of rotatable bonds is 1. The first-order valence-corrected chi connectivity index (χ1v) is 6.12. The Balaban J connectivity index is 2.05. The molecule has 5 heteroatoms. The zero-order valence-electron chi connectivity index (χ0n) is 10.1. The number of anilines is 1. The molecule has 1 unspecified atom stereocenters. The fourth-order valence-corrected chi connectivity index (χ4v) is 2.81. The molecule has 5 nitrogen and oxygen atoms in total. The molecule has 0 bridgehead atoms. The number of benzene rings is 1. The number of morpholine rings is 1. The lowest BCUT2D eigenvalue weighted by molar-refractivity contribution is -0.129. The van der Waals surface area contributed by atoms with Crippen LogP contribution in [0.15, 0.2) is 24.3 Å². The highest BCUT2D eigenvalue weighted by Gasteiger charge is 2.46. The molecule has 2 heterocycles. The number of carbonyl (C=O) groups excluding carboxylic acids is 1. The number of para-hydroxylation sites is 2. The van der Waals surface area contributed by atoms with Crippen LogP contribution in [0.4, 0.5) is 5.69 Å². The topological polar surface area (TPSA) is 61.8 Å². The van der Waals surface area contributed by atoms with E-state index in [4.69, 9.17) is 4.74 Å². The number of nitrogens with zero attached hydrogens (tertiary/aromatic N) is 1. The minimum absolute atomic E-state index is 0.0794. The fourth-order valence-electron chi connectivity index (χ4n) is 2.81. The molecule has 3 rings (SSSR count). The van der Waals surface area contributed by atoms with Crippen LogP contribution in [0, 0.1) is 0 Å². The van der Waals surface area contributed by atoms with Crippen molar-refractivity contribution in [1.29, 1.82) is 0 Å². The smallest absolute Gasteiger partial charge is 0.253 e. The summed E-state index contributed by atoms with van der Waals surface area (Å²) in [5.41, 5.74) is 0.225. The zero-order valence-corrected chi connectivity index (χ0v) is 10.1. The molecule has 1 amide bonds. The van der Waals surface area contributed by atoms with Crippen molar-refractivity contribution in [2.75, 3.05) is 31.2 Å². The third-order valence-electron chi connectivity index (χ3n) is 3.66. The van der Waals surface area contributed by atoms with Gasteiger partial charge in [-0.1, -0.05) is 12.1 Å². The van der Waals surface area contributed by atoms with E-state index in [1.54, 1.807) is 23.1 Å². The Kier molecular flexibility index (Phi) is 2.72. The average Bonchev–Trinajstić information content (AvgIpc) is 2.80. The Morgan fingerprint density at radius 1 is 1.39 bits per heavy atom. The van der Waals surface area contributed by atoms with E-state index in [1.807, 2.05) is 6.07 Å². The molecule has 2 aliphatic rings. The molecular formula is C13H16N2O3.